The molecule has 1 nitrogen and oxygen atoms in total. The molecule has 0 aliphatic heterocycles. The number of hydrogen-bond acceptors (Lipinski definition) is 1. The molecule has 0 aromatic heterocycles. The lowest BCUT2D eigenvalue weighted by Crippen LogP contribution is -2.28. The summed E-state index contributed by atoms with van der Waals surface area (Å²) < 4.78 is -1.54. The van der Waals surface area contributed by atoms with E-state index in [4.69, 9.17) is 52.1 Å². The minimum absolute atomic E-state index is 0.933. The molecule has 0 aliphatic rings. The molecular formula is C2H3Cl4N. The lowest BCUT2D eigenvalue weighted by Gasteiger charge is -2.11. The van der Waals surface area contributed by atoms with Crippen LogP contribution in [-0.4, -0.2) is 9.29 Å². The fourth-order valence-corrected chi connectivity index (χ4v) is 0. The van der Waals surface area contributed by atoms with Crippen LogP contribution in [0.1, 0.15) is 0 Å². The van der Waals surface area contributed by atoms with Gasteiger partial charge in [0.2, 0.25) is 3.79 Å². The van der Waals surface area contributed by atoms with E-state index in [0.29, 0.717) is 0 Å². The third kappa shape index (κ3) is 3.68. The Labute approximate surface area is 61.7 Å². The fraction of sp³-hybridized carbons (Fsp3) is 1.00. The van der Waals surface area contributed by atoms with Gasteiger partial charge in [-0.15, -0.1) is 11.6 Å². The maximum Gasteiger partial charge on any atom is 0.219 e. The van der Waals surface area contributed by atoms with Crippen LogP contribution in [0, 0.1) is 0 Å². The molecule has 0 radical (unpaired) electrons. The molecule has 7 heavy (non-hydrogen) atoms. The molecule has 0 amide bonds. The predicted octanol–water partition coefficient (Wildman–Crippen LogP) is 1.88. The minimum atomic E-state index is -1.54. The van der Waals surface area contributed by atoms with Crippen LogP contribution in [-0.2, 0) is 0 Å². The first-order valence-corrected chi connectivity index (χ1v) is 2.98. The van der Waals surface area contributed by atoms with E-state index in [9.17, 15) is 0 Å². The molecule has 0 heterocycles. The van der Waals surface area contributed by atoms with E-state index in [-0.39, 0.29) is 0 Å². The van der Waals surface area contributed by atoms with Gasteiger partial charge in [-0.2, -0.15) is 0 Å². The van der Waals surface area contributed by atoms with E-state index in [1.54, 1.807) is 0 Å². The molecule has 0 saturated heterocycles. The fourth-order valence-electron chi connectivity index (χ4n) is 0. The molecule has 2 N–H and O–H groups in total. The van der Waals surface area contributed by atoms with Crippen molar-refractivity contribution in [2.75, 3.05) is 0 Å². The average molecular weight is 183 g/mol. The topological polar surface area (TPSA) is 26.0 Å². The second-order valence-corrected chi connectivity index (χ2v) is 3.78. The zero-order chi connectivity index (χ0) is 6.08. The minimum Gasteiger partial charge on any atom is -0.312 e. The molecule has 44 valence electrons. The first kappa shape index (κ1) is 8.12. The monoisotopic (exact) mass is 181 g/mol. The third-order valence-electron chi connectivity index (χ3n) is 0.313. The summed E-state index contributed by atoms with van der Waals surface area (Å²) in [5, 5.41) is 0. The second kappa shape index (κ2) is 2.60. The van der Waals surface area contributed by atoms with Gasteiger partial charge >= 0.3 is 0 Å². The number of halogens is 4. The van der Waals surface area contributed by atoms with Gasteiger partial charge in [-0.1, -0.05) is 34.8 Å². The van der Waals surface area contributed by atoms with Gasteiger partial charge in [-0.25, -0.2) is 0 Å². The Kier molecular flexibility index (Phi) is 3.02. The van der Waals surface area contributed by atoms with Gasteiger partial charge in [0.25, 0.3) is 0 Å². The highest BCUT2D eigenvalue weighted by molar-refractivity contribution is 6.70. The Morgan fingerprint density at radius 2 is 1.43 bits per heavy atom. The highest BCUT2D eigenvalue weighted by Gasteiger charge is 2.26. The molecule has 0 fully saturated rings. The highest BCUT2D eigenvalue weighted by Crippen LogP contribution is 2.30. The zero-order valence-electron chi connectivity index (χ0n) is 3.17. The van der Waals surface area contributed by atoms with Gasteiger partial charge in [0, 0.05) is 0 Å². The maximum absolute atomic E-state index is 5.14. The smallest absolute Gasteiger partial charge is 0.219 e. The Balaban J connectivity index is 3.54. The van der Waals surface area contributed by atoms with Crippen molar-refractivity contribution in [1.29, 1.82) is 0 Å². The molecular weight excluding hydrogens is 180 g/mol. The summed E-state index contributed by atoms with van der Waals surface area (Å²) in [5.74, 6) is 0. The molecule has 0 aromatic rings. The largest absolute Gasteiger partial charge is 0.312 e. The van der Waals surface area contributed by atoms with Crippen LogP contribution in [0.4, 0.5) is 0 Å². The van der Waals surface area contributed by atoms with Crippen LogP contribution in [0.5, 0.6) is 0 Å². The SMILES string of the molecule is NC(Cl)C(Cl)(Cl)Cl. The molecule has 1 unspecified atom stereocenters. The highest BCUT2D eigenvalue weighted by atomic mass is 35.6. The lowest BCUT2D eigenvalue weighted by atomic mass is 10.8. The van der Waals surface area contributed by atoms with Crippen molar-refractivity contribution in [3.63, 3.8) is 0 Å². The van der Waals surface area contributed by atoms with Crippen molar-refractivity contribution in [2.24, 2.45) is 5.73 Å². The van der Waals surface area contributed by atoms with E-state index in [1.165, 1.54) is 0 Å². The van der Waals surface area contributed by atoms with Gasteiger partial charge in [0.1, 0.15) is 5.50 Å². The quantitative estimate of drug-likeness (QED) is 0.450. The van der Waals surface area contributed by atoms with Crippen molar-refractivity contribution in [3.8, 4) is 0 Å². The summed E-state index contributed by atoms with van der Waals surface area (Å²) in [6, 6.07) is 0. The van der Waals surface area contributed by atoms with E-state index in [1.807, 2.05) is 0 Å². The number of nitrogens with two attached hydrogens (primary N) is 1. The van der Waals surface area contributed by atoms with E-state index in [0.717, 1.165) is 0 Å². The summed E-state index contributed by atoms with van der Waals surface area (Å²) >= 11 is 20.6. The Morgan fingerprint density at radius 3 is 1.43 bits per heavy atom. The van der Waals surface area contributed by atoms with E-state index >= 15 is 0 Å². The first-order chi connectivity index (χ1) is 2.94. The van der Waals surface area contributed by atoms with Crippen molar-refractivity contribution in [3.05, 3.63) is 0 Å². The van der Waals surface area contributed by atoms with Gasteiger partial charge in [-0.3, -0.25) is 0 Å². The van der Waals surface area contributed by atoms with Gasteiger partial charge in [-0.05, 0) is 0 Å². The van der Waals surface area contributed by atoms with Crippen LogP contribution in [0.2, 0.25) is 0 Å². The van der Waals surface area contributed by atoms with Crippen LogP contribution >= 0.6 is 46.4 Å². The summed E-state index contributed by atoms with van der Waals surface area (Å²) in [4.78, 5) is 0. The van der Waals surface area contributed by atoms with Crippen molar-refractivity contribution in [1.82, 2.24) is 0 Å². The predicted molar refractivity (Wildman–Crippen MR) is 34.1 cm³/mol. The standard InChI is InChI=1S/C2H3Cl4N/c3-1(7)2(4,5)6/h1H,7H2. The van der Waals surface area contributed by atoms with Crippen molar-refractivity contribution < 1.29 is 0 Å². The third-order valence-corrected chi connectivity index (χ3v) is 1.68. The van der Waals surface area contributed by atoms with Crippen LogP contribution < -0.4 is 5.73 Å². The Hall–Kier alpha value is 1.12. The summed E-state index contributed by atoms with van der Waals surface area (Å²) in [6.07, 6.45) is 0. The van der Waals surface area contributed by atoms with Crippen LogP contribution in [0.3, 0.4) is 0 Å². The molecule has 0 aliphatic carbocycles. The van der Waals surface area contributed by atoms with Gasteiger partial charge in [0.05, 0.1) is 0 Å². The molecule has 5 heteroatoms. The summed E-state index contributed by atoms with van der Waals surface area (Å²) in [6.45, 7) is 0. The molecule has 1 atom stereocenters. The normalized spacial score (nSPS) is 16.7. The Bertz CT molecular complexity index is 55.2. The molecule has 0 aromatic carbocycles. The molecule has 0 rings (SSSR count). The molecule has 0 bridgehead atoms. The van der Waals surface area contributed by atoms with Crippen LogP contribution in [0.25, 0.3) is 0 Å². The molecule has 0 spiro atoms. The summed E-state index contributed by atoms with van der Waals surface area (Å²) in [7, 11) is 0. The van der Waals surface area contributed by atoms with Crippen molar-refractivity contribution >= 4 is 46.4 Å². The van der Waals surface area contributed by atoms with Gasteiger partial charge < -0.3 is 5.73 Å². The van der Waals surface area contributed by atoms with Crippen LogP contribution in [0.15, 0.2) is 0 Å². The average Bonchev–Trinajstić information content (AvgIpc) is 1.31. The number of alkyl halides is 4. The first-order valence-electron chi connectivity index (χ1n) is 1.41. The number of hydrogen-bond donors (Lipinski definition) is 1. The number of rotatable bonds is 0. The van der Waals surface area contributed by atoms with E-state index in [2.05, 4.69) is 0 Å². The maximum atomic E-state index is 5.14. The Morgan fingerprint density at radius 1 is 1.29 bits per heavy atom. The van der Waals surface area contributed by atoms with Gasteiger partial charge in [0.15, 0.2) is 0 Å². The summed E-state index contributed by atoms with van der Waals surface area (Å²) in [5.41, 5.74) is 4.01. The zero-order valence-corrected chi connectivity index (χ0v) is 6.19. The van der Waals surface area contributed by atoms with E-state index < -0.39 is 9.29 Å². The second-order valence-electron chi connectivity index (χ2n) is 0.943. The lowest BCUT2D eigenvalue weighted by molar-refractivity contribution is 0.934. The van der Waals surface area contributed by atoms with Crippen molar-refractivity contribution in [2.45, 2.75) is 9.29 Å². The molecule has 0 saturated carbocycles.